The van der Waals surface area contributed by atoms with Gasteiger partial charge in [0.2, 0.25) is 0 Å². The van der Waals surface area contributed by atoms with E-state index in [1.54, 1.807) is 6.07 Å². The maximum Gasteiger partial charge on any atom is 0.261 e. The Morgan fingerprint density at radius 3 is 2.58 bits per heavy atom. The summed E-state index contributed by atoms with van der Waals surface area (Å²) in [5, 5.41) is 6.03. The summed E-state index contributed by atoms with van der Waals surface area (Å²) in [6.45, 7) is 1.49. The van der Waals surface area contributed by atoms with Gasteiger partial charge in [0.05, 0.1) is 5.69 Å². The van der Waals surface area contributed by atoms with Gasteiger partial charge in [-0.1, -0.05) is 17.3 Å². The molecule has 1 amide bonds. The number of benzene rings is 2. The number of aryl methyl sites for hydroxylation is 1. The van der Waals surface area contributed by atoms with Crippen molar-refractivity contribution in [2.45, 2.75) is 6.92 Å². The summed E-state index contributed by atoms with van der Waals surface area (Å²) in [4.78, 5) is 12.4. The van der Waals surface area contributed by atoms with Gasteiger partial charge in [-0.2, -0.15) is 0 Å². The van der Waals surface area contributed by atoms with Crippen LogP contribution in [0.15, 0.2) is 47.0 Å². The largest absolute Gasteiger partial charge is 0.360 e. The molecule has 3 aromatic rings. The number of nitrogens with one attached hydrogen (secondary N) is 1. The lowest BCUT2D eigenvalue weighted by molar-refractivity contribution is 0.102. The van der Waals surface area contributed by atoms with E-state index >= 15 is 0 Å². The van der Waals surface area contributed by atoms with Gasteiger partial charge in [0.15, 0.2) is 0 Å². The van der Waals surface area contributed by atoms with E-state index in [0.29, 0.717) is 5.56 Å². The Morgan fingerprint density at radius 2 is 1.83 bits per heavy atom. The summed E-state index contributed by atoms with van der Waals surface area (Å²) < 4.78 is 45.3. The van der Waals surface area contributed by atoms with Crippen LogP contribution in [0.25, 0.3) is 11.3 Å². The van der Waals surface area contributed by atoms with Crippen molar-refractivity contribution in [2.24, 2.45) is 0 Å². The molecule has 0 spiro atoms. The van der Waals surface area contributed by atoms with Gasteiger partial charge >= 0.3 is 0 Å². The monoisotopic (exact) mass is 332 g/mol. The average Bonchev–Trinajstić information content (AvgIpc) is 2.93. The first-order valence-corrected chi connectivity index (χ1v) is 6.94. The van der Waals surface area contributed by atoms with Crippen molar-refractivity contribution in [1.29, 1.82) is 0 Å². The number of nitrogens with zero attached hydrogens (tertiary/aromatic N) is 1. The van der Waals surface area contributed by atoms with Crippen LogP contribution in [0.1, 0.15) is 16.1 Å². The first-order chi connectivity index (χ1) is 11.5. The minimum absolute atomic E-state index is 0.0178. The van der Waals surface area contributed by atoms with Crippen molar-refractivity contribution in [3.8, 4) is 11.3 Å². The topological polar surface area (TPSA) is 55.1 Å². The normalized spacial score (nSPS) is 10.7. The van der Waals surface area contributed by atoms with E-state index in [-0.39, 0.29) is 22.7 Å². The highest BCUT2D eigenvalue weighted by molar-refractivity contribution is 6.08. The number of carbonyl (C=O) groups is 1. The molecule has 122 valence electrons. The summed E-state index contributed by atoms with van der Waals surface area (Å²) in [6.07, 6.45) is 0. The third-order valence-electron chi connectivity index (χ3n) is 3.36. The van der Waals surface area contributed by atoms with Crippen molar-refractivity contribution >= 4 is 11.6 Å². The lowest BCUT2D eigenvalue weighted by atomic mass is 10.1. The van der Waals surface area contributed by atoms with E-state index in [2.05, 4.69) is 10.5 Å². The highest BCUT2D eigenvalue weighted by atomic mass is 19.1. The number of aromatic nitrogens is 1. The molecule has 0 aliphatic rings. The smallest absolute Gasteiger partial charge is 0.261 e. The molecule has 24 heavy (non-hydrogen) atoms. The Kier molecular flexibility index (Phi) is 4.07. The van der Waals surface area contributed by atoms with Crippen LogP contribution in [0, 0.1) is 24.4 Å². The number of carbonyl (C=O) groups excluding carboxylic acids is 1. The molecule has 0 saturated heterocycles. The third kappa shape index (κ3) is 3.01. The molecule has 0 bridgehead atoms. The van der Waals surface area contributed by atoms with E-state index in [1.165, 1.54) is 25.1 Å². The van der Waals surface area contributed by atoms with Crippen molar-refractivity contribution in [3.05, 3.63) is 71.2 Å². The Labute approximate surface area is 134 Å². The second-order valence-corrected chi connectivity index (χ2v) is 5.05. The minimum atomic E-state index is -0.786. The SMILES string of the molecule is Cc1onc(-c2cccc(F)c2)c1C(=O)Nc1cc(F)ccc1F. The van der Waals surface area contributed by atoms with Crippen LogP contribution >= 0.6 is 0 Å². The lowest BCUT2D eigenvalue weighted by Crippen LogP contribution is -2.14. The van der Waals surface area contributed by atoms with Crippen molar-refractivity contribution in [2.75, 3.05) is 5.32 Å². The predicted octanol–water partition coefficient (Wildman–Crippen LogP) is 4.32. The van der Waals surface area contributed by atoms with E-state index in [1.807, 2.05) is 0 Å². The van der Waals surface area contributed by atoms with Crippen molar-refractivity contribution in [1.82, 2.24) is 5.16 Å². The summed E-state index contributed by atoms with van der Waals surface area (Å²) in [6, 6.07) is 8.16. The molecule has 0 radical (unpaired) electrons. The van der Waals surface area contributed by atoms with Crippen molar-refractivity contribution in [3.63, 3.8) is 0 Å². The summed E-state index contributed by atoms with van der Waals surface area (Å²) in [7, 11) is 0. The Hall–Kier alpha value is -3.09. The molecule has 1 heterocycles. The van der Waals surface area contributed by atoms with Gasteiger partial charge in [0.25, 0.3) is 5.91 Å². The minimum Gasteiger partial charge on any atom is -0.360 e. The van der Waals surface area contributed by atoms with Crippen LogP contribution < -0.4 is 5.32 Å². The maximum absolute atomic E-state index is 13.7. The molecule has 2 aromatic carbocycles. The fourth-order valence-electron chi connectivity index (χ4n) is 2.25. The molecule has 4 nitrogen and oxygen atoms in total. The number of rotatable bonds is 3. The predicted molar refractivity (Wildman–Crippen MR) is 80.9 cm³/mol. The van der Waals surface area contributed by atoms with E-state index in [4.69, 9.17) is 4.52 Å². The number of hydrogen-bond acceptors (Lipinski definition) is 3. The summed E-state index contributed by atoms with van der Waals surface area (Å²) in [5.41, 5.74) is 0.146. The first kappa shape index (κ1) is 15.8. The standard InChI is InChI=1S/C17H11F3N2O2/c1-9-15(16(22-24-9)10-3-2-4-11(18)7-10)17(23)21-14-8-12(19)5-6-13(14)20/h2-8H,1H3,(H,21,23). The fourth-order valence-corrected chi connectivity index (χ4v) is 2.25. The van der Waals surface area contributed by atoms with Gasteiger partial charge in [0, 0.05) is 11.6 Å². The molecule has 1 N–H and O–H groups in total. The molecule has 0 aliphatic heterocycles. The average molecular weight is 332 g/mol. The van der Waals surface area contributed by atoms with Gasteiger partial charge in [-0.3, -0.25) is 4.79 Å². The Morgan fingerprint density at radius 1 is 1.08 bits per heavy atom. The maximum atomic E-state index is 13.7. The molecular formula is C17H11F3N2O2. The number of anilines is 1. The molecule has 0 unspecified atom stereocenters. The van der Waals surface area contributed by atoms with Crippen LogP contribution in [0.5, 0.6) is 0 Å². The van der Waals surface area contributed by atoms with Gasteiger partial charge in [-0.05, 0) is 31.2 Å². The number of hydrogen-bond donors (Lipinski definition) is 1. The second kappa shape index (κ2) is 6.19. The van der Waals surface area contributed by atoms with Gasteiger partial charge < -0.3 is 9.84 Å². The highest BCUT2D eigenvalue weighted by Gasteiger charge is 2.23. The Balaban J connectivity index is 1.99. The molecule has 7 heteroatoms. The lowest BCUT2D eigenvalue weighted by Gasteiger charge is -2.07. The molecule has 0 aliphatic carbocycles. The van der Waals surface area contributed by atoms with Gasteiger partial charge in [-0.25, -0.2) is 13.2 Å². The Bertz CT molecular complexity index is 922. The quantitative estimate of drug-likeness (QED) is 0.777. The van der Waals surface area contributed by atoms with E-state index < -0.39 is 23.4 Å². The van der Waals surface area contributed by atoms with Crippen LogP contribution in [0.2, 0.25) is 0 Å². The van der Waals surface area contributed by atoms with Crippen LogP contribution in [0.4, 0.5) is 18.9 Å². The van der Waals surface area contributed by atoms with Gasteiger partial charge in [-0.15, -0.1) is 0 Å². The number of halogens is 3. The molecule has 1 aromatic heterocycles. The zero-order valence-electron chi connectivity index (χ0n) is 12.4. The molecular weight excluding hydrogens is 321 g/mol. The van der Waals surface area contributed by atoms with Crippen LogP contribution in [-0.2, 0) is 0 Å². The first-order valence-electron chi connectivity index (χ1n) is 6.94. The molecule has 0 fully saturated rings. The zero-order valence-corrected chi connectivity index (χ0v) is 12.4. The second-order valence-electron chi connectivity index (χ2n) is 5.05. The number of amides is 1. The summed E-state index contributed by atoms with van der Waals surface area (Å²) in [5.74, 6) is -2.55. The van der Waals surface area contributed by atoms with Crippen molar-refractivity contribution < 1.29 is 22.5 Å². The summed E-state index contributed by atoms with van der Waals surface area (Å²) >= 11 is 0. The van der Waals surface area contributed by atoms with Crippen LogP contribution in [-0.4, -0.2) is 11.1 Å². The molecule has 0 saturated carbocycles. The van der Waals surface area contributed by atoms with E-state index in [0.717, 1.165) is 18.2 Å². The fraction of sp³-hybridized carbons (Fsp3) is 0.0588. The zero-order chi connectivity index (χ0) is 17.3. The third-order valence-corrected chi connectivity index (χ3v) is 3.36. The molecule has 3 rings (SSSR count). The van der Waals surface area contributed by atoms with Gasteiger partial charge in [0.1, 0.15) is 34.5 Å². The molecule has 0 atom stereocenters. The highest BCUT2D eigenvalue weighted by Crippen LogP contribution is 2.27. The van der Waals surface area contributed by atoms with E-state index in [9.17, 15) is 18.0 Å². The van der Waals surface area contributed by atoms with Crippen LogP contribution in [0.3, 0.4) is 0 Å².